The normalized spacial score (nSPS) is 16.5. The number of anilines is 1. The number of carbonyl (C=O) groups is 1. The monoisotopic (exact) mass is 294 g/mol. The van der Waals surface area contributed by atoms with Crippen LogP contribution in [0.25, 0.3) is 0 Å². The van der Waals surface area contributed by atoms with Crippen LogP contribution in [0.5, 0.6) is 0 Å². The highest BCUT2D eigenvalue weighted by Crippen LogP contribution is 2.31. The van der Waals surface area contributed by atoms with Gasteiger partial charge in [0.05, 0.1) is 6.54 Å². The van der Waals surface area contributed by atoms with Crippen LogP contribution in [0.2, 0.25) is 0 Å². The van der Waals surface area contributed by atoms with E-state index in [0.717, 1.165) is 12.0 Å². The van der Waals surface area contributed by atoms with Gasteiger partial charge >= 0.3 is 0 Å². The Morgan fingerprint density at radius 3 is 2.68 bits per heavy atom. The number of hydrogen-bond donors (Lipinski definition) is 1. The number of carbonyl (C=O) groups excluding carboxylic acids is 1. The van der Waals surface area contributed by atoms with Gasteiger partial charge in [-0.3, -0.25) is 4.79 Å². The Labute approximate surface area is 132 Å². The predicted octanol–water partition coefficient (Wildman–Crippen LogP) is 3.06. The molecule has 0 spiro atoms. The highest BCUT2D eigenvalue weighted by Gasteiger charge is 2.26. The van der Waals surface area contributed by atoms with E-state index in [4.69, 9.17) is 0 Å². The molecule has 0 aliphatic carbocycles. The predicted molar refractivity (Wildman–Crippen MR) is 90.0 cm³/mol. The summed E-state index contributed by atoms with van der Waals surface area (Å²) in [7, 11) is 0. The van der Waals surface area contributed by atoms with Crippen LogP contribution in [0.1, 0.15) is 23.6 Å². The van der Waals surface area contributed by atoms with Crippen molar-refractivity contribution < 1.29 is 4.79 Å². The fraction of sp³-hybridized carbons (Fsp3) is 0.316. The van der Waals surface area contributed by atoms with Crippen LogP contribution in [0.15, 0.2) is 48.5 Å². The number of para-hydroxylation sites is 1. The molecule has 1 aliphatic heterocycles. The second kappa shape index (κ2) is 6.22. The van der Waals surface area contributed by atoms with Crippen molar-refractivity contribution in [3.63, 3.8) is 0 Å². The number of hydrogen-bond acceptors (Lipinski definition) is 2. The molecule has 3 nitrogen and oxygen atoms in total. The van der Waals surface area contributed by atoms with E-state index in [1.807, 2.05) is 6.07 Å². The van der Waals surface area contributed by atoms with Gasteiger partial charge in [0.15, 0.2) is 0 Å². The van der Waals surface area contributed by atoms with Gasteiger partial charge in [0.2, 0.25) is 5.91 Å². The minimum absolute atomic E-state index is 0.0733. The molecular formula is C19H22N2O. The quantitative estimate of drug-likeness (QED) is 0.940. The molecule has 1 heterocycles. The van der Waals surface area contributed by atoms with E-state index in [1.54, 1.807) is 0 Å². The van der Waals surface area contributed by atoms with Crippen molar-refractivity contribution in [2.24, 2.45) is 0 Å². The van der Waals surface area contributed by atoms with Crippen molar-refractivity contribution in [1.82, 2.24) is 5.32 Å². The summed E-state index contributed by atoms with van der Waals surface area (Å²) in [5.41, 5.74) is 4.90. The van der Waals surface area contributed by atoms with Gasteiger partial charge in [0.1, 0.15) is 0 Å². The lowest BCUT2D eigenvalue weighted by Gasteiger charge is -2.24. The molecule has 0 fully saturated rings. The fourth-order valence-corrected chi connectivity index (χ4v) is 2.99. The Bertz CT molecular complexity index is 663. The summed E-state index contributed by atoms with van der Waals surface area (Å²) in [5, 5.41) is 3.02. The lowest BCUT2D eigenvalue weighted by atomic mass is 10.1. The lowest BCUT2D eigenvalue weighted by Crippen LogP contribution is -2.39. The minimum Gasteiger partial charge on any atom is -0.359 e. The Morgan fingerprint density at radius 2 is 1.91 bits per heavy atom. The van der Waals surface area contributed by atoms with Crippen molar-refractivity contribution in [1.29, 1.82) is 0 Å². The van der Waals surface area contributed by atoms with Crippen LogP contribution in [-0.4, -0.2) is 18.5 Å². The maximum absolute atomic E-state index is 12.2. The van der Waals surface area contributed by atoms with Crippen LogP contribution in [-0.2, 0) is 17.8 Å². The van der Waals surface area contributed by atoms with Crippen LogP contribution < -0.4 is 10.2 Å². The minimum atomic E-state index is 0.0733. The zero-order valence-corrected chi connectivity index (χ0v) is 13.2. The second-order valence-electron chi connectivity index (χ2n) is 6.07. The molecule has 114 valence electrons. The van der Waals surface area contributed by atoms with Crippen molar-refractivity contribution in [3.05, 3.63) is 65.2 Å². The molecule has 0 saturated heterocycles. The smallest absolute Gasteiger partial charge is 0.239 e. The molecule has 3 heteroatoms. The third-order valence-electron chi connectivity index (χ3n) is 4.27. The molecule has 0 bridgehead atoms. The van der Waals surface area contributed by atoms with Crippen molar-refractivity contribution >= 4 is 11.6 Å². The van der Waals surface area contributed by atoms with Gasteiger partial charge in [-0.1, -0.05) is 48.0 Å². The standard InChI is InChI=1S/C19H22N2O/c1-14-7-9-16(10-8-14)12-20-19(22)13-21-15(2)11-17-5-3-4-6-18(17)21/h3-10,15H,11-13H2,1-2H3,(H,20,22). The molecule has 2 aromatic rings. The molecule has 0 saturated carbocycles. The maximum atomic E-state index is 12.2. The number of rotatable bonds is 4. The van der Waals surface area contributed by atoms with Crippen molar-refractivity contribution in [3.8, 4) is 0 Å². The van der Waals surface area contributed by atoms with E-state index < -0.39 is 0 Å². The molecule has 1 atom stereocenters. The number of aryl methyl sites for hydroxylation is 1. The molecule has 1 amide bonds. The van der Waals surface area contributed by atoms with E-state index in [2.05, 4.69) is 66.5 Å². The summed E-state index contributed by atoms with van der Waals surface area (Å²) in [6.07, 6.45) is 1.02. The van der Waals surface area contributed by atoms with Crippen molar-refractivity contribution in [2.75, 3.05) is 11.4 Å². The molecular weight excluding hydrogens is 272 g/mol. The van der Waals surface area contributed by atoms with Crippen LogP contribution >= 0.6 is 0 Å². The third-order valence-corrected chi connectivity index (χ3v) is 4.27. The molecule has 1 N–H and O–H groups in total. The average Bonchev–Trinajstić information content (AvgIpc) is 2.83. The Kier molecular flexibility index (Phi) is 4.14. The lowest BCUT2D eigenvalue weighted by molar-refractivity contribution is -0.120. The molecule has 1 unspecified atom stereocenters. The topological polar surface area (TPSA) is 32.3 Å². The average molecular weight is 294 g/mol. The van der Waals surface area contributed by atoms with Gasteiger partial charge in [-0.2, -0.15) is 0 Å². The number of amides is 1. The number of nitrogens with zero attached hydrogens (tertiary/aromatic N) is 1. The highest BCUT2D eigenvalue weighted by molar-refractivity contribution is 5.82. The third kappa shape index (κ3) is 3.14. The van der Waals surface area contributed by atoms with E-state index >= 15 is 0 Å². The van der Waals surface area contributed by atoms with Crippen LogP contribution in [0, 0.1) is 6.92 Å². The van der Waals surface area contributed by atoms with Gasteiger partial charge in [0.25, 0.3) is 0 Å². The first-order chi connectivity index (χ1) is 10.6. The van der Waals surface area contributed by atoms with E-state index in [-0.39, 0.29) is 5.91 Å². The molecule has 0 aromatic heterocycles. The molecule has 3 rings (SSSR count). The van der Waals surface area contributed by atoms with Crippen LogP contribution in [0.3, 0.4) is 0 Å². The fourth-order valence-electron chi connectivity index (χ4n) is 2.99. The zero-order chi connectivity index (χ0) is 15.5. The first-order valence-electron chi connectivity index (χ1n) is 7.80. The summed E-state index contributed by atoms with van der Waals surface area (Å²) >= 11 is 0. The summed E-state index contributed by atoms with van der Waals surface area (Å²) in [4.78, 5) is 14.4. The summed E-state index contributed by atoms with van der Waals surface area (Å²) in [6, 6.07) is 17.0. The summed E-state index contributed by atoms with van der Waals surface area (Å²) in [5.74, 6) is 0.0733. The highest BCUT2D eigenvalue weighted by atomic mass is 16.2. The van der Waals surface area contributed by atoms with Crippen LogP contribution in [0.4, 0.5) is 5.69 Å². The summed E-state index contributed by atoms with van der Waals surface area (Å²) in [6.45, 7) is 5.24. The molecule has 22 heavy (non-hydrogen) atoms. The first kappa shape index (κ1) is 14.6. The van der Waals surface area contributed by atoms with Gasteiger partial charge in [-0.15, -0.1) is 0 Å². The molecule has 2 aromatic carbocycles. The van der Waals surface area contributed by atoms with Gasteiger partial charge in [-0.05, 0) is 37.5 Å². The van der Waals surface area contributed by atoms with Crippen molar-refractivity contribution in [2.45, 2.75) is 32.9 Å². The van der Waals surface area contributed by atoms with E-state index in [1.165, 1.54) is 16.8 Å². The second-order valence-corrected chi connectivity index (χ2v) is 6.07. The van der Waals surface area contributed by atoms with Gasteiger partial charge in [0, 0.05) is 18.3 Å². The van der Waals surface area contributed by atoms with Gasteiger partial charge < -0.3 is 10.2 Å². The first-order valence-corrected chi connectivity index (χ1v) is 7.80. The Hall–Kier alpha value is -2.29. The Balaban J connectivity index is 1.59. The zero-order valence-electron chi connectivity index (χ0n) is 13.2. The number of fused-ring (bicyclic) bond motifs is 1. The van der Waals surface area contributed by atoms with E-state index in [0.29, 0.717) is 19.1 Å². The largest absolute Gasteiger partial charge is 0.359 e. The van der Waals surface area contributed by atoms with Gasteiger partial charge in [-0.25, -0.2) is 0 Å². The van der Waals surface area contributed by atoms with E-state index in [9.17, 15) is 4.79 Å². The molecule has 1 aliphatic rings. The molecule has 0 radical (unpaired) electrons. The number of benzene rings is 2. The number of nitrogens with one attached hydrogen (secondary N) is 1. The summed E-state index contributed by atoms with van der Waals surface area (Å²) < 4.78 is 0. The Morgan fingerprint density at radius 1 is 1.18 bits per heavy atom. The maximum Gasteiger partial charge on any atom is 0.239 e. The SMILES string of the molecule is Cc1ccc(CNC(=O)CN2c3ccccc3CC2C)cc1.